The molecule has 7 heteroatoms. The van der Waals surface area contributed by atoms with E-state index in [4.69, 9.17) is 5.14 Å². The first-order valence-electron chi connectivity index (χ1n) is 9.52. The highest BCUT2D eigenvalue weighted by Gasteiger charge is 2.37. The maximum atomic E-state index is 12.9. The molecule has 1 aliphatic carbocycles. The molecule has 156 valence electrons. The molecule has 0 amide bonds. The minimum atomic E-state index is -4.37. The lowest BCUT2D eigenvalue weighted by Gasteiger charge is -2.27. The maximum Gasteiger partial charge on any atom is 0.416 e. The summed E-state index contributed by atoms with van der Waals surface area (Å²) in [6.45, 7) is 4.25. The zero-order valence-electron chi connectivity index (χ0n) is 16.4. The predicted octanol–water partition coefficient (Wildman–Crippen LogP) is 5.86. The van der Waals surface area contributed by atoms with E-state index in [0.717, 1.165) is 60.1 Å². The minimum Gasteiger partial charge on any atom is -0.225 e. The lowest BCUT2D eigenvalue weighted by Crippen LogP contribution is -2.14. The van der Waals surface area contributed by atoms with Crippen LogP contribution in [0.3, 0.4) is 0 Å². The Morgan fingerprint density at radius 3 is 1.62 bits per heavy atom. The molecule has 2 N–H and O–H groups in total. The highest BCUT2D eigenvalue weighted by atomic mass is 32.2. The molecule has 0 spiro atoms. The molecule has 0 aliphatic heterocycles. The Balaban J connectivity index is 2.08. The van der Waals surface area contributed by atoms with Crippen LogP contribution in [0.4, 0.5) is 13.2 Å². The summed E-state index contributed by atoms with van der Waals surface area (Å²) in [5, 5.41) is 5.18. The summed E-state index contributed by atoms with van der Waals surface area (Å²) in [7, 11) is -3.78. The zero-order valence-corrected chi connectivity index (χ0v) is 17.2. The Hall–Kier alpha value is -2.12. The van der Waals surface area contributed by atoms with Crippen molar-refractivity contribution in [1.82, 2.24) is 0 Å². The molecule has 0 saturated carbocycles. The number of hydrogen-bond acceptors (Lipinski definition) is 2. The van der Waals surface area contributed by atoms with Crippen LogP contribution in [0.15, 0.2) is 53.4 Å². The van der Waals surface area contributed by atoms with Gasteiger partial charge in [-0.1, -0.05) is 38.1 Å². The van der Waals surface area contributed by atoms with E-state index in [1.165, 1.54) is 24.3 Å². The van der Waals surface area contributed by atoms with Crippen molar-refractivity contribution < 1.29 is 21.6 Å². The number of benzene rings is 2. The molecular formula is C22H24F3NO2S. The van der Waals surface area contributed by atoms with Gasteiger partial charge in [0.25, 0.3) is 0 Å². The standard InChI is InChI=1S/C22H24F3NO2S/c1-3-21(4-2)13-19(15-5-9-17(10-6-15)22(23,24)25)20(14-21)16-7-11-18(12-8-16)29(26,27)28/h5-12H,3-4,13-14H2,1-2H3,(H2,26,27,28). The van der Waals surface area contributed by atoms with Gasteiger partial charge in [-0.15, -0.1) is 0 Å². The number of halogens is 3. The van der Waals surface area contributed by atoms with E-state index in [9.17, 15) is 21.6 Å². The van der Waals surface area contributed by atoms with Gasteiger partial charge in [0, 0.05) is 0 Å². The van der Waals surface area contributed by atoms with Crippen LogP contribution >= 0.6 is 0 Å². The average molecular weight is 424 g/mol. The van der Waals surface area contributed by atoms with Crippen molar-refractivity contribution in [2.75, 3.05) is 0 Å². The van der Waals surface area contributed by atoms with E-state index in [0.29, 0.717) is 0 Å². The summed E-state index contributed by atoms with van der Waals surface area (Å²) in [5.41, 5.74) is 3.09. The third-order valence-corrected chi connectivity index (χ3v) is 6.99. The smallest absolute Gasteiger partial charge is 0.225 e. The Labute approximate surface area is 169 Å². The van der Waals surface area contributed by atoms with Crippen LogP contribution in [0.25, 0.3) is 11.1 Å². The molecule has 0 saturated heterocycles. The molecule has 0 aromatic heterocycles. The Kier molecular flexibility index (Phi) is 5.66. The summed E-state index contributed by atoms with van der Waals surface area (Å²) in [4.78, 5) is 0.0353. The van der Waals surface area contributed by atoms with Gasteiger partial charge in [0.15, 0.2) is 0 Å². The second-order valence-corrected chi connectivity index (χ2v) is 9.22. The van der Waals surface area contributed by atoms with Crippen LogP contribution in [0.2, 0.25) is 0 Å². The molecule has 0 bridgehead atoms. The lowest BCUT2D eigenvalue weighted by atomic mass is 9.78. The van der Waals surface area contributed by atoms with Gasteiger partial charge < -0.3 is 0 Å². The van der Waals surface area contributed by atoms with E-state index in [1.807, 2.05) is 0 Å². The number of hydrogen-bond donors (Lipinski definition) is 1. The molecule has 0 heterocycles. The van der Waals surface area contributed by atoms with Gasteiger partial charge in [-0.05, 0) is 77.6 Å². The molecule has 0 atom stereocenters. The third-order valence-electron chi connectivity index (χ3n) is 6.06. The van der Waals surface area contributed by atoms with Gasteiger partial charge in [-0.25, -0.2) is 13.6 Å². The topological polar surface area (TPSA) is 60.2 Å². The van der Waals surface area contributed by atoms with Gasteiger partial charge in [0.05, 0.1) is 10.5 Å². The van der Waals surface area contributed by atoms with Crippen molar-refractivity contribution in [3.63, 3.8) is 0 Å². The molecule has 1 aliphatic rings. The maximum absolute atomic E-state index is 12.9. The number of alkyl halides is 3. The van der Waals surface area contributed by atoms with Gasteiger partial charge in [0.2, 0.25) is 10.0 Å². The average Bonchev–Trinajstić information content (AvgIpc) is 3.07. The van der Waals surface area contributed by atoms with Crippen LogP contribution in [0.1, 0.15) is 56.2 Å². The molecule has 2 aromatic rings. The molecule has 0 unspecified atom stereocenters. The van der Waals surface area contributed by atoms with Crippen LogP contribution < -0.4 is 5.14 Å². The summed E-state index contributed by atoms with van der Waals surface area (Å²) in [6, 6.07) is 11.7. The lowest BCUT2D eigenvalue weighted by molar-refractivity contribution is -0.137. The Morgan fingerprint density at radius 2 is 1.28 bits per heavy atom. The van der Waals surface area contributed by atoms with Crippen molar-refractivity contribution in [3.8, 4) is 0 Å². The van der Waals surface area contributed by atoms with Crippen molar-refractivity contribution in [2.45, 2.75) is 50.6 Å². The first-order chi connectivity index (χ1) is 13.5. The van der Waals surface area contributed by atoms with Crippen LogP contribution in [-0.4, -0.2) is 8.42 Å². The van der Waals surface area contributed by atoms with E-state index in [-0.39, 0.29) is 10.3 Å². The molecule has 2 aromatic carbocycles. The van der Waals surface area contributed by atoms with E-state index >= 15 is 0 Å². The monoisotopic (exact) mass is 423 g/mol. The fourth-order valence-electron chi connectivity index (χ4n) is 4.03. The summed E-state index contributed by atoms with van der Waals surface area (Å²) < 4.78 is 61.9. The van der Waals surface area contributed by atoms with Crippen molar-refractivity contribution >= 4 is 21.2 Å². The number of primary sulfonamides is 1. The summed E-state index contributed by atoms with van der Waals surface area (Å²) in [5.74, 6) is 0. The highest BCUT2D eigenvalue weighted by molar-refractivity contribution is 7.89. The first-order valence-corrected chi connectivity index (χ1v) is 11.1. The highest BCUT2D eigenvalue weighted by Crippen LogP contribution is 2.53. The Morgan fingerprint density at radius 1 is 0.862 bits per heavy atom. The molecule has 0 radical (unpaired) electrons. The third kappa shape index (κ3) is 4.41. The fourth-order valence-corrected chi connectivity index (χ4v) is 4.55. The van der Waals surface area contributed by atoms with Crippen LogP contribution in [0, 0.1) is 5.41 Å². The largest absolute Gasteiger partial charge is 0.416 e. The number of rotatable bonds is 5. The van der Waals surface area contributed by atoms with Crippen LogP contribution in [0.5, 0.6) is 0 Å². The van der Waals surface area contributed by atoms with Gasteiger partial charge in [-0.3, -0.25) is 0 Å². The molecular weight excluding hydrogens is 399 g/mol. The van der Waals surface area contributed by atoms with E-state index < -0.39 is 21.8 Å². The normalized spacial score (nSPS) is 17.0. The summed E-state index contributed by atoms with van der Waals surface area (Å²) in [6.07, 6.45) is -0.896. The predicted molar refractivity (Wildman–Crippen MR) is 108 cm³/mol. The second-order valence-electron chi connectivity index (χ2n) is 7.66. The van der Waals surface area contributed by atoms with Gasteiger partial charge in [-0.2, -0.15) is 13.2 Å². The van der Waals surface area contributed by atoms with E-state index in [2.05, 4.69) is 13.8 Å². The number of allylic oxidation sites excluding steroid dienone is 2. The molecule has 3 nitrogen and oxygen atoms in total. The van der Waals surface area contributed by atoms with Gasteiger partial charge >= 0.3 is 6.18 Å². The van der Waals surface area contributed by atoms with Crippen LogP contribution in [-0.2, 0) is 16.2 Å². The fraction of sp³-hybridized carbons (Fsp3) is 0.364. The second kappa shape index (κ2) is 7.61. The molecule has 0 fully saturated rings. The number of nitrogens with two attached hydrogens (primary N) is 1. The zero-order chi connectivity index (χ0) is 21.4. The van der Waals surface area contributed by atoms with Crippen molar-refractivity contribution in [3.05, 3.63) is 65.2 Å². The van der Waals surface area contributed by atoms with Crippen molar-refractivity contribution in [2.24, 2.45) is 10.6 Å². The SMILES string of the molecule is CCC1(CC)CC(c2ccc(C(F)(F)F)cc2)=C(c2ccc(S(N)(=O)=O)cc2)C1. The Bertz CT molecular complexity index is 1020. The molecule has 29 heavy (non-hydrogen) atoms. The summed E-state index contributed by atoms with van der Waals surface area (Å²) >= 11 is 0. The van der Waals surface area contributed by atoms with Gasteiger partial charge in [0.1, 0.15) is 0 Å². The minimum absolute atomic E-state index is 0.0353. The number of sulfonamides is 1. The molecule has 3 rings (SSSR count). The van der Waals surface area contributed by atoms with E-state index in [1.54, 1.807) is 12.1 Å². The van der Waals surface area contributed by atoms with Crippen molar-refractivity contribution in [1.29, 1.82) is 0 Å². The first kappa shape index (κ1) is 21.6. The quantitative estimate of drug-likeness (QED) is 0.654.